The molecule has 0 aromatic carbocycles. The molecule has 3 heterocycles. The minimum Gasteiger partial charge on any atom is -0.481 e. The fourth-order valence-electron chi connectivity index (χ4n) is 6.65. The first-order valence-electron chi connectivity index (χ1n) is 12.0. The average molecular weight is 481 g/mol. The van der Waals surface area contributed by atoms with Gasteiger partial charge in [0, 0.05) is 30.5 Å². The van der Waals surface area contributed by atoms with Gasteiger partial charge in [-0.15, -0.1) is 18.3 Å². The van der Waals surface area contributed by atoms with Gasteiger partial charge in [-0.1, -0.05) is 26.8 Å². The lowest BCUT2D eigenvalue weighted by Gasteiger charge is -2.46. The maximum absolute atomic E-state index is 14.3. The first kappa shape index (κ1) is 26.1. The van der Waals surface area contributed by atoms with Crippen LogP contribution in [0.2, 0.25) is 0 Å². The van der Waals surface area contributed by atoms with E-state index in [0.29, 0.717) is 38.8 Å². The summed E-state index contributed by atoms with van der Waals surface area (Å²) in [6.45, 7) is 15.2. The number of carbonyl (C=O) groups excluding carboxylic acids is 2. The van der Waals surface area contributed by atoms with Crippen LogP contribution >= 0.6 is 11.8 Å². The van der Waals surface area contributed by atoms with Crippen LogP contribution in [0.15, 0.2) is 12.7 Å². The highest BCUT2D eigenvalue weighted by Crippen LogP contribution is 2.66. The van der Waals surface area contributed by atoms with Crippen molar-refractivity contribution in [3.05, 3.63) is 12.7 Å². The predicted octanol–water partition coefficient (Wildman–Crippen LogP) is 3.16. The molecule has 0 aromatic heterocycles. The Morgan fingerprint density at radius 1 is 1.27 bits per heavy atom. The Labute approximate surface area is 202 Å². The Hall–Kier alpha value is -1.54. The van der Waals surface area contributed by atoms with Crippen LogP contribution in [0, 0.1) is 17.3 Å². The third-order valence-corrected chi connectivity index (χ3v) is 9.35. The minimum atomic E-state index is -0.938. The van der Waals surface area contributed by atoms with Crippen LogP contribution in [0.1, 0.15) is 66.7 Å². The van der Waals surface area contributed by atoms with Gasteiger partial charge < -0.3 is 20.0 Å². The van der Waals surface area contributed by atoms with Crippen molar-refractivity contribution < 1.29 is 24.6 Å². The van der Waals surface area contributed by atoms with E-state index in [9.17, 15) is 24.6 Å². The van der Waals surface area contributed by atoms with Crippen molar-refractivity contribution in [3.63, 3.8) is 0 Å². The topological polar surface area (TPSA) is 98.2 Å². The van der Waals surface area contributed by atoms with E-state index in [1.54, 1.807) is 22.7 Å². The predicted molar refractivity (Wildman–Crippen MR) is 130 cm³/mol. The molecule has 0 aliphatic carbocycles. The van der Waals surface area contributed by atoms with E-state index in [4.69, 9.17) is 0 Å². The Morgan fingerprint density at radius 3 is 2.48 bits per heavy atom. The Morgan fingerprint density at radius 2 is 1.94 bits per heavy atom. The van der Waals surface area contributed by atoms with E-state index in [1.807, 2.05) is 4.90 Å². The van der Waals surface area contributed by atoms with Crippen molar-refractivity contribution >= 4 is 29.5 Å². The number of fused-ring (bicyclic) bond motifs is 1. The van der Waals surface area contributed by atoms with E-state index in [1.165, 1.54) is 0 Å². The molecule has 5 atom stereocenters. The summed E-state index contributed by atoms with van der Waals surface area (Å²) in [5.41, 5.74) is -0.475. The third kappa shape index (κ3) is 4.57. The van der Waals surface area contributed by atoms with E-state index >= 15 is 0 Å². The first-order chi connectivity index (χ1) is 15.3. The SMILES string of the molecule is C=CCN(C(=O)C1N(CCCCO)C(=O)[C@@H]2[C@H](C(=O)O)[C@@H]3CCC12S3)C(C)(C)CC(C)(C)C. The van der Waals surface area contributed by atoms with E-state index < -0.39 is 34.1 Å². The molecule has 3 aliphatic rings. The van der Waals surface area contributed by atoms with Crippen molar-refractivity contribution in [2.75, 3.05) is 19.7 Å². The summed E-state index contributed by atoms with van der Waals surface area (Å²) in [5.74, 6) is -2.67. The highest BCUT2D eigenvalue weighted by Gasteiger charge is 2.74. The molecule has 0 saturated carbocycles. The number of carboxylic acid groups (broad SMARTS) is 1. The van der Waals surface area contributed by atoms with Crippen molar-refractivity contribution in [1.82, 2.24) is 9.80 Å². The van der Waals surface area contributed by atoms with Gasteiger partial charge in [0.05, 0.1) is 16.6 Å². The first-order valence-corrected chi connectivity index (χ1v) is 12.9. The zero-order valence-electron chi connectivity index (χ0n) is 20.7. The fourth-order valence-corrected chi connectivity index (χ4v) is 8.86. The molecular weight excluding hydrogens is 440 g/mol. The number of hydrogen-bond acceptors (Lipinski definition) is 5. The van der Waals surface area contributed by atoms with Crippen molar-refractivity contribution in [1.29, 1.82) is 0 Å². The van der Waals surface area contributed by atoms with Gasteiger partial charge in [-0.3, -0.25) is 14.4 Å². The van der Waals surface area contributed by atoms with Crippen LogP contribution in [0.4, 0.5) is 0 Å². The molecule has 3 saturated heterocycles. The van der Waals surface area contributed by atoms with Crippen molar-refractivity contribution in [2.24, 2.45) is 17.3 Å². The number of thioether (sulfide) groups is 1. The third-order valence-electron chi connectivity index (χ3n) is 7.40. The van der Waals surface area contributed by atoms with Crippen LogP contribution in [0.5, 0.6) is 0 Å². The largest absolute Gasteiger partial charge is 0.481 e. The molecule has 2 unspecified atom stereocenters. The summed E-state index contributed by atoms with van der Waals surface area (Å²) in [7, 11) is 0. The monoisotopic (exact) mass is 480 g/mol. The second-order valence-electron chi connectivity index (χ2n) is 11.6. The normalized spacial score (nSPS) is 31.1. The number of aliphatic hydroxyl groups excluding tert-OH is 1. The lowest BCUT2D eigenvalue weighted by Crippen LogP contribution is -2.60. The van der Waals surface area contributed by atoms with Gasteiger partial charge in [0.15, 0.2) is 0 Å². The highest BCUT2D eigenvalue weighted by atomic mass is 32.2. The van der Waals surface area contributed by atoms with Gasteiger partial charge >= 0.3 is 5.97 Å². The second-order valence-corrected chi connectivity index (χ2v) is 13.2. The standard InChI is InChI=1S/C25H40N2O5S/c1-7-12-27(24(5,6)15-23(2,3)4)21(30)19-25-11-10-16(33-25)17(22(31)32)18(25)20(29)26(19)13-8-9-14-28/h7,16-19,28H,1,8-15H2,2-6H3,(H,31,32)/t16-,17+,18-,19?,25?/m0/s1. The summed E-state index contributed by atoms with van der Waals surface area (Å²) in [6, 6.07) is -0.688. The molecule has 33 heavy (non-hydrogen) atoms. The molecule has 1 spiro atoms. The lowest BCUT2D eigenvalue weighted by atomic mass is 9.71. The van der Waals surface area contributed by atoms with E-state index in [0.717, 1.165) is 6.42 Å². The second kappa shape index (κ2) is 9.25. The maximum Gasteiger partial charge on any atom is 0.308 e. The van der Waals surface area contributed by atoms with Crippen LogP contribution in [0.3, 0.4) is 0 Å². The molecule has 0 aromatic rings. The number of carbonyl (C=O) groups is 3. The van der Waals surface area contributed by atoms with Crippen LogP contribution in [-0.4, -0.2) is 79.1 Å². The van der Waals surface area contributed by atoms with Gasteiger partial charge in [0.2, 0.25) is 11.8 Å². The maximum atomic E-state index is 14.3. The minimum absolute atomic E-state index is 0.00864. The molecular formula is C25H40N2O5S. The van der Waals surface area contributed by atoms with Crippen LogP contribution < -0.4 is 0 Å². The molecule has 7 nitrogen and oxygen atoms in total. The number of aliphatic hydroxyl groups is 1. The Bertz CT molecular complexity index is 807. The summed E-state index contributed by atoms with van der Waals surface area (Å²) < 4.78 is -0.696. The molecule has 186 valence electrons. The fraction of sp³-hybridized carbons (Fsp3) is 0.800. The zero-order valence-corrected chi connectivity index (χ0v) is 21.5. The van der Waals surface area contributed by atoms with Crippen LogP contribution in [-0.2, 0) is 14.4 Å². The molecule has 3 rings (SSSR count). The molecule has 3 fully saturated rings. The molecule has 8 heteroatoms. The van der Waals surface area contributed by atoms with Gasteiger partial charge in [0.1, 0.15) is 6.04 Å². The summed E-state index contributed by atoms with van der Waals surface area (Å²) in [4.78, 5) is 43.6. The number of hydrogen-bond donors (Lipinski definition) is 2. The van der Waals surface area contributed by atoms with Crippen molar-refractivity contribution in [2.45, 2.75) is 88.3 Å². The number of unbranched alkanes of at least 4 members (excludes halogenated alkanes) is 1. The molecule has 2 N–H and O–H groups in total. The average Bonchev–Trinajstić information content (AvgIpc) is 3.31. The highest BCUT2D eigenvalue weighted by molar-refractivity contribution is 8.02. The summed E-state index contributed by atoms with van der Waals surface area (Å²) >= 11 is 1.56. The number of nitrogens with zero attached hydrogens (tertiary/aromatic N) is 2. The Balaban J connectivity index is 2.03. The number of rotatable bonds is 10. The summed E-state index contributed by atoms with van der Waals surface area (Å²) in [6.07, 6.45) is 5.00. The van der Waals surface area contributed by atoms with Gasteiger partial charge in [-0.05, 0) is 51.4 Å². The van der Waals surface area contributed by atoms with Gasteiger partial charge in [-0.25, -0.2) is 0 Å². The molecule has 0 radical (unpaired) electrons. The quantitative estimate of drug-likeness (QED) is 0.368. The van der Waals surface area contributed by atoms with Gasteiger partial charge in [0.25, 0.3) is 0 Å². The lowest BCUT2D eigenvalue weighted by molar-refractivity contribution is -0.149. The summed E-state index contributed by atoms with van der Waals surface area (Å²) in [5, 5.41) is 19.1. The smallest absolute Gasteiger partial charge is 0.308 e. The molecule has 3 aliphatic heterocycles. The molecule has 2 bridgehead atoms. The van der Waals surface area contributed by atoms with Crippen LogP contribution in [0.25, 0.3) is 0 Å². The van der Waals surface area contributed by atoms with Crippen molar-refractivity contribution in [3.8, 4) is 0 Å². The number of aliphatic carboxylic acids is 1. The van der Waals surface area contributed by atoms with Gasteiger partial charge in [-0.2, -0.15) is 0 Å². The van der Waals surface area contributed by atoms with E-state index in [-0.39, 0.29) is 29.1 Å². The number of amides is 2. The molecule has 2 amide bonds. The number of likely N-dealkylation sites (tertiary alicyclic amines) is 1. The Kier molecular flexibility index (Phi) is 7.31. The zero-order chi connectivity index (χ0) is 24.8. The van der Waals surface area contributed by atoms with E-state index in [2.05, 4.69) is 41.2 Å². The number of carboxylic acids is 1.